The van der Waals surface area contributed by atoms with Crippen molar-refractivity contribution in [1.82, 2.24) is 5.32 Å². The summed E-state index contributed by atoms with van der Waals surface area (Å²) in [6, 6.07) is 0.0508. The van der Waals surface area contributed by atoms with Gasteiger partial charge in [-0.25, -0.2) is 0 Å². The van der Waals surface area contributed by atoms with Crippen molar-refractivity contribution in [2.75, 3.05) is 14.2 Å². The molecule has 0 heterocycles. The van der Waals surface area contributed by atoms with E-state index >= 15 is 0 Å². The van der Waals surface area contributed by atoms with Crippen LogP contribution in [0, 0.1) is 0 Å². The van der Waals surface area contributed by atoms with E-state index in [1.54, 1.807) is 20.3 Å². The van der Waals surface area contributed by atoms with Crippen molar-refractivity contribution in [3.05, 3.63) is 36.1 Å². The molecule has 0 aromatic rings. The van der Waals surface area contributed by atoms with Crippen LogP contribution in [-0.4, -0.2) is 38.1 Å². The lowest BCUT2D eigenvalue weighted by molar-refractivity contribution is -0.119. The Bertz CT molecular complexity index is 494. The first-order valence-corrected chi connectivity index (χ1v) is 8.76. The summed E-state index contributed by atoms with van der Waals surface area (Å²) in [6.45, 7) is 9.32. The van der Waals surface area contributed by atoms with E-state index in [1.807, 2.05) is 26.0 Å². The average molecular weight is 351 g/mol. The molecule has 0 spiro atoms. The fourth-order valence-corrected chi connectivity index (χ4v) is 2.30. The molecular weight excluding hydrogens is 318 g/mol. The Labute approximate surface area is 152 Å². The van der Waals surface area contributed by atoms with Crippen molar-refractivity contribution < 1.29 is 19.1 Å². The SMILES string of the molecule is C=C(/C=C(/OC)C(C)OC)CC[C@@H](CC/C=C\C(=O)CC)NC(C)=O. The van der Waals surface area contributed by atoms with Crippen LogP contribution >= 0.6 is 0 Å². The maximum absolute atomic E-state index is 11.4. The number of carbonyl (C=O) groups excluding carboxylic acids is 2. The van der Waals surface area contributed by atoms with E-state index in [0.717, 1.165) is 37.0 Å². The third kappa shape index (κ3) is 11.3. The van der Waals surface area contributed by atoms with Crippen molar-refractivity contribution in [3.63, 3.8) is 0 Å². The summed E-state index contributed by atoms with van der Waals surface area (Å²) in [5, 5.41) is 2.96. The van der Waals surface area contributed by atoms with Crippen LogP contribution in [0.4, 0.5) is 0 Å². The summed E-state index contributed by atoms with van der Waals surface area (Å²) in [5.41, 5.74) is 0.924. The molecule has 0 radical (unpaired) electrons. The minimum atomic E-state index is -0.130. The molecular formula is C20H33NO4. The Kier molecular flexibility index (Phi) is 12.4. The van der Waals surface area contributed by atoms with Gasteiger partial charge in [0, 0.05) is 26.5 Å². The van der Waals surface area contributed by atoms with E-state index in [2.05, 4.69) is 11.9 Å². The lowest BCUT2D eigenvalue weighted by Crippen LogP contribution is -2.32. The van der Waals surface area contributed by atoms with Gasteiger partial charge in [-0.3, -0.25) is 9.59 Å². The second-order valence-corrected chi connectivity index (χ2v) is 6.02. The van der Waals surface area contributed by atoms with Gasteiger partial charge in [-0.15, -0.1) is 0 Å². The third-order valence-electron chi connectivity index (χ3n) is 3.89. The summed E-state index contributed by atoms with van der Waals surface area (Å²) in [4.78, 5) is 22.6. The van der Waals surface area contributed by atoms with Crippen LogP contribution in [-0.2, 0) is 19.1 Å². The van der Waals surface area contributed by atoms with Crippen molar-refractivity contribution in [3.8, 4) is 0 Å². The third-order valence-corrected chi connectivity index (χ3v) is 3.89. The van der Waals surface area contributed by atoms with Crippen LogP contribution in [0.1, 0.15) is 52.9 Å². The van der Waals surface area contributed by atoms with Gasteiger partial charge in [-0.2, -0.15) is 0 Å². The van der Waals surface area contributed by atoms with Gasteiger partial charge in [0.2, 0.25) is 5.91 Å². The van der Waals surface area contributed by atoms with Crippen LogP contribution < -0.4 is 5.32 Å². The zero-order chi connectivity index (χ0) is 19.2. The number of carbonyl (C=O) groups is 2. The highest BCUT2D eigenvalue weighted by molar-refractivity contribution is 5.89. The number of methoxy groups -OCH3 is 2. The highest BCUT2D eigenvalue weighted by Gasteiger charge is 2.11. The van der Waals surface area contributed by atoms with Crippen molar-refractivity contribution in [1.29, 1.82) is 0 Å². The zero-order valence-electron chi connectivity index (χ0n) is 16.3. The van der Waals surface area contributed by atoms with Gasteiger partial charge in [0.05, 0.1) is 7.11 Å². The first-order chi connectivity index (χ1) is 11.8. The van der Waals surface area contributed by atoms with Gasteiger partial charge in [0.15, 0.2) is 5.78 Å². The molecule has 5 heteroatoms. The number of ketones is 1. The van der Waals surface area contributed by atoms with E-state index in [0.29, 0.717) is 6.42 Å². The summed E-state index contributed by atoms with van der Waals surface area (Å²) in [7, 11) is 3.24. The quantitative estimate of drug-likeness (QED) is 0.312. The molecule has 0 aliphatic rings. The molecule has 0 aliphatic heterocycles. The van der Waals surface area contributed by atoms with Gasteiger partial charge in [-0.05, 0) is 44.8 Å². The van der Waals surface area contributed by atoms with Crippen molar-refractivity contribution in [2.45, 2.75) is 65.0 Å². The number of amides is 1. The summed E-state index contributed by atoms with van der Waals surface area (Å²) in [6.07, 6.45) is 8.82. The Morgan fingerprint density at radius 1 is 1.24 bits per heavy atom. The van der Waals surface area contributed by atoms with E-state index in [9.17, 15) is 9.59 Å². The largest absolute Gasteiger partial charge is 0.498 e. The number of ether oxygens (including phenoxy) is 2. The van der Waals surface area contributed by atoms with Crippen LogP contribution in [0.25, 0.3) is 0 Å². The Hall–Kier alpha value is -1.88. The van der Waals surface area contributed by atoms with Crippen LogP contribution in [0.2, 0.25) is 0 Å². The molecule has 2 atom stereocenters. The fourth-order valence-electron chi connectivity index (χ4n) is 2.30. The van der Waals surface area contributed by atoms with E-state index in [4.69, 9.17) is 9.47 Å². The van der Waals surface area contributed by atoms with Gasteiger partial charge < -0.3 is 14.8 Å². The molecule has 1 N–H and O–H groups in total. The molecule has 142 valence electrons. The second-order valence-electron chi connectivity index (χ2n) is 6.02. The predicted octanol–water partition coefficient (Wildman–Crippen LogP) is 3.71. The van der Waals surface area contributed by atoms with E-state index in [1.165, 1.54) is 6.92 Å². The highest BCUT2D eigenvalue weighted by atomic mass is 16.5. The standard InChI is InChI=1S/C20H33NO4/c1-7-19(23)11-9-8-10-18(21-17(4)22)13-12-15(2)14-20(25-6)16(3)24-5/h9,11,14,16,18H,2,7-8,10,12-13H2,1,3-6H3,(H,21,22)/b11-9-,20-14+/t16?,18-/m1/s1. The minimum absolute atomic E-state index is 0.0506. The smallest absolute Gasteiger partial charge is 0.217 e. The van der Waals surface area contributed by atoms with Gasteiger partial charge in [-0.1, -0.05) is 25.2 Å². The Balaban J connectivity index is 4.58. The monoisotopic (exact) mass is 351 g/mol. The molecule has 5 nitrogen and oxygen atoms in total. The predicted molar refractivity (Wildman–Crippen MR) is 101 cm³/mol. The first-order valence-electron chi connectivity index (χ1n) is 8.76. The summed E-state index contributed by atoms with van der Waals surface area (Å²) < 4.78 is 10.6. The minimum Gasteiger partial charge on any atom is -0.498 e. The van der Waals surface area contributed by atoms with E-state index in [-0.39, 0.29) is 23.8 Å². The number of nitrogens with one attached hydrogen (secondary N) is 1. The number of allylic oxidation sites excluding steroid dienone is 4. The first kappa shape index (κ1) is 23.1. The number of hydrogen-bond acceptors (Lipinski definition) is 4. The molecule has 0 bridgehead atoms. The molecule has 0 fully saturated rings. The molecule has 0 aromatic heterocycles. The maximum Gasteiger partial charge on any atom is 0.217 e. The number of rotatable bonds is 13. The normalized spacial score (nSPS) is 14.2. The number of hydrogen-bond donors (Lipinski definition) is 1. The lowest BCUT2D eigenvalue weighted by atomic mass is 10.0. The molecule has 0 aliphatic carbocycles. The fraction of sp³-hybridized carbons (Fsp3) is 0.600. The van der Waals surface area contributed by atoms with Crippen molar-refractivity contribution in [2.24, 2.45) is 0 Å². The average Bonchev–Trinajstić information content (AvgIpc) is 2.59. The van der Waals surface area contributed by atoms with Gasteiger partial charge in [0.25, 0.3) is 0 Å². The molecule has 0 saturated heterocycles. The van der Waals surface area contributed by atoms with Gasteiger partial charge in [0.1, 0.15) is 11.9 Å². The molecule has 25 heavy (non-hydrogen) atoms. The Morgan fingerprint density at radius 2 is 1.92 bits per heavy atom. The topological polar surface area (TPSA) is 64.6 Å². The maximum atomic E-state index is 11.4. The Morgan fingerprint density at radius 3 is 2.44 bits per heavy atom. The molecule has 0 saturated carbocycles. The molecule has 1 amide bonds. The zero-order valence-corrected chi connectivity index (χ0v) is 16.3. The molecule has 1 unspecified atom stereocenters. The van der Waals surface area contributed by atoms with E-state index < -0.39 is 0 Å². The summed E-state index contributed by atoms with van der Waals surface area (Å²) in [5.74, 6) is 0.795. The molecule has 0 aromatic carbocycles. The second kappa shape index (κ2) is 13.4. The summed E-state index contributed by atoms with van der Waals surface area (Å²) >= 11 is 0. The van der Waals surface area contributed by atoms with Gasteiger partial charge >= 0.3 is 0 Å². The van der Waals surface area contributed by atoms with Crippen LogP contribution in [0.3, 0.4) is 0 Å². The van der Waals surface area contributed by atoms with Crippen LogP contribution in [0.5, 0.6) is 0 Å². The van der Waals surface area contributed by atoms with Crippen LogP contribution in [0.15, 0.2) is 36.1 Å². The molecule has 0 rings (SSSR count). The highest BCUT2D eigenvalue weighted by Crippen LogP contribution is 2.16. The lowest BCUT2D eigenvalue weighted by Gasteiger charge is -2.18. The van der Waals surface area contributed by atoms with Crippen molar-refractivity contribution >= 4 is 11.7 Å².